The molecule has 4 aromatic rings. The van der Waals surface area contributed by atoms with Crippen LogP contribution in [-0.4, -0.2) is 34.2 Å². The topological polar surface area (TPSA) is 75.8 Å². The van der Waals surface area contributed by atoms with E-state index in [1.807, 2.05) is 36.4 Å². The van der Waals surface area contributed by atoms with Crippen molar-refractivity contribution in [3.63, 3.8) is 0 Å². The molecule has 2 N–H and O–H groups in total. The van der Waals surface area contributed by atoms with Gasteiger partial charge in [0.15, 0.2) is 0 Å². The third-order valence-corrected chi connectivity index (χ3v) is 3.81. The highest BCUT2D eigenvalue weighted by Crippen LogP contribution is 2.21. The molecule has 6 heteroatoms. The highest BCUT2D eigenvalue weighted by atomic mass is 16.5. The van der Waals surface area contributed by atoms with Gasteiger partial charge in [-0.1, -0.05) is 0 Å². The Morgan fingerprint density at radius 3 is 1.70 bits per heavy atom. The summed E-state index contributed by atoms with van der Waals surface area (Å²) in [5.41, 5.74) is 3.74. The molecule has 23 heavy (non-hydrogen) atoms. The Balaban J connectivity index is 1.66. The first-order valence-corrected chi connectivity index (χ1v) is 7.30. The van der Waals surface area contributed by atoms with Gasteiger partial charge in [-0.3, -0.25) is 0 Å². The van der Waals surface area contributed by atoms with Crippen LogP contribution in [0.4, 0.5) is 0 Å². The second-order valence-corrected chi connectivity index (χ2v) is 5.31. The molecule has 4 rings (SSSR count). The number of nitrogens with one attached hydrogen (secondary N) is 2. The van der Waals surface area contributed by atoms with Crippen LogP contribution in [0.1, 0.15) is 11.6 Å². The molecule has 0 amide bonds. The molecule has 0 saturated heterocycles. The van der Waals surface area contributed by atoms with Crippen molar-refractivity contribution in [2.24, 2.45) is 0 Å². The van der Waals surface area contributed by atoms with Crippen LogP contribution < -0.4 is 9.47 Å². The molecule has 0 atom stereocenters. The standard InChI is InChI=1S/C17H16N4O2/c1-22-10-3-5-12-14(7-10)20-16(18-12)9-17-19-13-6-4-11(23-2)8-15(13)21-17/h3-8H,9H2,1-2H3,(H,18,20)(H,19,21). The van der Waals surface area contributed by atoms with Crippen molar-refractivity contribution in [1.29, 1.82) is 0 Å². The first kappa shape index (κ1) is 13.6. The number of nitrogens with zero attached hydrogens (tertiary/aromatic N) is 2. The number of hydrogen-bond acceptors (Lipinski definition) is 4. The van der Waals surface area contributed by atoms with Gasteiger partial charge in [0, 0.05) is 12.1 Å². The minimum Gasteiger partial charge on any atom is -0.497 e. The van der Waals surface area contributed by atoms with Crippen molar-refractivity contribution in [2.45, 2.75) is 6.42 Å². The molecule has 0 aliphatic heterocycles. The number of benzene rings is 2. The molecule has 0 radical (unpaired) electrons. The smallest absolute Gasteiger partial charge is 0.121 e. The third-order valence-electron chi connectivity index (χ3n) is 3.81. The molecular formula is C17H16N4O2. The van der Waals surface area contributed by atoms with Crippen molar-refractivity contribution in [2.75, 3.05) is 14.2 Å². The molecule has 2 heterocycles. The van der Waals surface area contributed by atoms with Gasteiger partial charge in [0.25, 0.3) is 0 Å². The van der Waals surface area contributed by atoms with Crippen LogP contribution in [0.15, 0.2) is 36.4 Å². The van der Waals surface area contributed by atoms with Crippen molar-refractivity contribution in [3.05, 3.63) is 48.0 Å². The third kappa shape index (κ3) is 2.48. The lowest BCUT2D eigenvalue weighted by Crippen LogP contribution is -1.92. The van der Waals surface area contributed by atoms with Gasteiger partial charge in [-0.05, 0) is 24.3 Å². The highest BCUT2D eigenvalue weighted by Gasteiger charge is 2.09. The average molecular weight is 308 g/mol. The molecule has 0 bridgehead atoms. The van der Waals surface area contributed by atoms with Crippen LogP contribution in [-0.2, 0) is 6.42 Å². The normalized spacial score (nSPS) is 11.2. The number of hydrogen-bond donors (Lipinski definition) is 2. The number of H-pyrrole nitrogens is 2. The van der Waals surface area contributed by atoms with Gasteiger partial charge in [0.05, 0.1) is 42.7 Å². The van der Waals surface area contributed by atoms with E-state index in [9.17, 15) is 0 Å². The average Bonchev–Trinajstić information content (AvgIpc) is 3.15. The summed E-state index contributed by atoms with van der Waals surface area (Å²) in [6, 6.07) is 11.6. The molecule has 0 fully saturated rings. The first-order chi connectivity index (χ1) is 11.2. The zero-order chi connectivity index (χ0) is 15.8. The van der Waals surface area contributed by atoms with Crippen LogP contribution in [0, 0.1) is 0 Å². The van der Waals surface area contributed by atoms with Gasteiger partial charge < -0.3 is 19.4 Å². The fourth-order valence-electron chi connectivity index (χ4n) is 2.66. The summed E-state index contributed by atoms with van der Waals surface area (Å²) in [6.45, 7) is 0. The second-order valence-electron chi connectivity index (χ2n) is 5.31. The van der Waals surface area contributed by atoms with E-state index in [1.54, 1.807) is 14.2 Å². The molecule has 0 saturated carbocycles. The summed E-state index contributed by atoms with van der Waals surface area (Å²) >= 11 is 0. The SMILES string of the molecule is COc1ccc2nc(Cc3nc4ccc(OC)cc4[nH]3)[nH]c2c1. The molecule has 6 nitrogen and oxygen atoms in total. The lowest BCUT2D eigenvalue weighted by Gasteiger charge is -1.96. The predicted molar refractivity (Wildman–Crippen MR) is 88.1 cm³/mol. The minimum absolute atomic E-state index is 0.605. The number of imidazole rings is 2. The van der Waals surface area contributed by atoms with E-state index < -0.39 is 0 Å². The van der Waals surface area contributed by atoms with E-state index in [4.69, 9.17) is 9.47 Å². The highest BCUT2D eigenvalue weighted by molar-refractivity contribution is 5.78. The molecular weight excluding hydrogens is 292 g/mol. The number of fused-ring (bicyclic) bond motifs is 2. The van der Waals surface area contributed by atoms with Crippen LogP contribution in [0.3, 0.4) is 0 Å². The van der Waals surface area contributed by atoms with E-state index >= 15 is 0 Å². The van der Waals surface area contributed by atoms with Crippen molar-refractivity contribution >= 4 is 22.1 Å². The van der Waals surface area contributed by atoms with Crippen LogP contribution in [0.5, 0.6) is 11.5 Å². The monoisotopic (exact) mass is 308 g/mol. The van der Waals surface area contributed by atoms with Gasteiger partial charge >= 0.3 is 0 Å². The molecule has 2 aromatic carbocycles. The predicted octanol–water partition coefficient (Wildman–Crippen LogP) is 3.05. The Morgan fingerprint density at radius 1 is 0.783 bits per heavy atom. The lowest BCUT2D eigenvalue weighted by atomic mass is 10.3. The number of rotatable bonds is 4. The molecule has 0 spiro atoms. The van der Waals surface area contributed by atoms with E-state index in [1.165, 1.54) is 0 Å². The van der Waals surface area contributed by atoms with E-state index in [0.717, 1.165) is 45.2 Å². The fraction of sp³-hybridized carbons (Fsp3) is 0.176. The summed E-state index contributed by atoms with van der Waals surface area (Å²) < 4.78 is 10.5. The Bertz CT molecular complexity index is 907. The maximum absolute atomic E-state index is 5.23. The zero-order valence-electron chi connectivity index (χ0n) is 12.9. The Hall–Kier alpha value is -3.02. The summed E-state index contributed by atoms with van der Waals surface area (Å²) in [7, 11) is 3.31. The van der Waals surface area contributed by atoms with Gasteiger partial charge in [0.2, 0.25) is 0 Å². The van der Waals surface area contributed by atoms with Crippen molar-refractivity contribution < 1.29 is 9.47 Å². The summed E-state index contributed by atoms with van der Waals surface area (Å²) in [5, 5.41) is 0. The van der Waals surface area contributed by atoms with E-state index in [2.05, 4.69) is 19.9 Å². The summed E-state index contributed by atoms with van der Waals surface area (Å²) in [4.78, 5) is 15.8. The number of aromatic nitrogens is 4. The number of aromatic amines is 2. The Labute approximate surface area is 132 Å². The van der Waals surface area contributed by atoms with Gasteiger partial charge in [0.1, 0.15) is 23.1 Å². The first-order valence-electron chi connectivity index (χ1n) is 7.30. The van der Waals surface area contributed by atoms with E-state index in [0.29, 0.717) is 6.42 Å². The molecule has 0 aliphatic rings. The second kappa shape index (κ2) is 5.31. The quantitative estimate of drug-likeness (QED) is 0.607. The fourth-order valence-corrected chi connectivity index (χ4v) is 2.66. The Kier molecular flexibility index (Phi) is 3.15. The Morgan fingerprint density at radius 2 is 1.26 bits per heavy atom. The molecule has 0 aliphatic carbocycles. The summed E-state index contributed by atoms with van der Waals surface area (Å²) in [6.07, 6.45) is 0.605. The zero-order valence-corrected chi connectivity index (χ0v) is 12.9. The molecule has 0 unspecified atom stereocenters. The van der Waals surface area contributed by atoms with Crippen LogP contribution in [0.2, 0.25) is 0 Å². The van der Waals surface area contributed by atoms with Gasteiger partial charge in [-0.25, -0.2) is 9.97 Å². The largest absolute Gasteiger partial charge is 0.497 e. The maximum atomic E-state index is 5.23. The minimum atomic E-state index is 0.605. The van der Waals surface area contributed by atoms with Gasteiger partial charge in [-0.15, -0.1) is 0 Å². The number of ether oxygens (including phenoxy) is 2. The van der Waals surface area contributed by atoms with E-state index in [-0.39, 0.29) is 0 Å². The molecule has 2 aromatic heterocycles. The van der Waals surface area contributed by atoms with Gasteiger partial charge in [-0.2, -0.15) is 0 Å². The van der Waals surface area contributed by atoms with Crippen molar-refractivity contribution in [3.8, 4) is 11.5 Å². The number of methoxy groups -OCH3 is 2. The lowest BCUT2D eigenvalue weighted by molar-refractivity contribution is 0.415. The van der Waals surface area contributed by atoms with Crippen LogP contribution in [0.25, 0.3) is 22.1 Å². The maximum Gasteiger partial charge on any atom is 0.121 e. The van der Waals surface area contributed by atoms with Crippen LogP contribution >= 0.6 is 0 Å². The summed E-state index contributed by atoms with van der Waals surface area (Å²) in [5.74, 6) is 3.34. The van der Waals surface area contributed by atoms with Crippen molar-refractivity contribution in [1.82, 2.24) is 19.9 Å². The molecule has 116 valence electrons.